The second kappa shape index (κ2) is 10.0. The Kier molecular flexibility index (Phi) is 6.73. The van der Waals surface area contributed by atoms with Crippen molar-refractivity contribution in [3.8, 4) is 11.5 Å². The molecule has 1 atom stereocenters. The van der Waals surface area contributed by atoms with Gasteiger partial charge in [0, 0.05) is 18.9 Å². The van der Waals surface area contributed by atoms with Crippen LogP contribution in [-0.4, -0.2) is 40.9 Å². The lowest BCUT2D eigenvalue weighted by molar-refractivity contribution is -0.130. The Balaban J connectivity index is 1.77. The van der Waals surface area contributed by atoms with E-state index in [1.807, 2.05) is 36.4 Å². The molecule has 3 aromatic rings. The predicted octanol–water partition coefficient (Wildman–Crippen LogP) is 4.28. The first kappa shape index (κ1) is 22.8. The molecule has 0 aliphatic carbocycles. The predicted molar refractivity (Wildman–Crippen MR) is 127 cm³/mol. The largest absolute Gasteiger partial charge is 0.503 e. The molecule has 0 spiro atoms. The first-order chi connectivity index (χ1) is 16.5. The van der Waals surface area contributed by atoms with E-state index in [0.717, 1.165) is 11.1 Å². The Morgan fingerprint density at radius 3 is 2.50 bits per heavy atom. The third-order valence-electron chi connectivity index (χ3n) is 5.59. The minimum atomic E-state index is -0.819. The number of nitrogens with zero attached hydrogens (tertiary/aromatic N) is 2. The van der Waals surface area contributed by atoms with Gasteiger partial charge in [-0.15, -0.1) is 0 Å². The van der Waals surface area contributed by atoms with E-state index >= 15 is 0 Å². The van der Waals surface area contributed by atoms with Gasteiger partial charge in [-0.3, -0.25) is 14.6 Å². The van der Waals surface area contributed by atoms with Crippen LogP contribution in [0.4, 0.5) is 0 Å². The van der Waals surface area contributed by atoms with Crippen molar-refractivity contribution < 1.29 is 24.2 Å². The Labute approximate surface area is 197 Å². The molecule has 1 aliphatic heterocycles. The van der Waals surface area contributed by atoms with E-state index in [1.54, 1.807) is 42.7 Å². The molecule has 4 rings (SSSR count). The third-order valence-corrected chi connectivity index (χ3v) is 5.59. The number of hydrogen-bond donors (Lipinski definition) is 1. The van der Waals surface area contributed by atoms with E-state index in [4.69, 9.17) is 9.47 Å². The minimum Gasteiger partial charge on any atom is -0.503 e. The molecule has 1 unspecified atom stereocenters. The van der Waals surface area contributed by atoms with Crippen molar-refractivity contribution in [2.24, 2.45) is 0 Å². The van der Waals surface area contributed by atoms with Crippen LogP contribution in [0.1, 0.15) is 22.7 Å². The fraction of sp³-hybridized carbons (Fsp3) is 0.148. The lowest BCUT2D eigenvalue weighted by Gasteiger charge is -2.27. The molecule has 0 radical (unpaired) electrons. The van der Waals surface area contributed by atoms with Crippen molar-refractivity contribution in [2.45, 2.75) is 12.6 Å². The topological polar surface area (TPSA) is 89.0 Å². The Morgan fingerprint density at radius 1 is 1.06 bits per heavy atom. The standard InChI is InChI=1S/C27H24N2O5/c1-33-22-13-11-20(15-23(22)34-2)25-24(21(30)12-10-18-7-4-3-5-8-18)26(31)27(32)29(25)17-19-9-6-14-28-16-19/h3-16,25,31H,17H2,1-2H3/b12-10+. The summed E-state index contributed by atoms with van der Waals surface area (Å²) in [6.07, 6.45) is 6.31. The normalized spacial score (nSPS) is 15.8. The summed E-state index contributed by atoms with van der Waals surface area (Å²) in [5.41, 5.74) is 2.21. The molecule has 1 aromatic heterocycles. The second-order valence-corrected chi connectivity index (χ2v) is 7.68. The van der Waals surface area contributed by atoms with Crippen LogP contribution in [-0.2, 0) is 16.1 Å². The van der Waals surface area contributed by atoms with E-state index in [2.05, 4.69) is 4.98 Å². The van der Waals surface area contributed by atoms with Crippen molar-refractivity contribution in [3.05, 3.63) is 107 Å². The zero-order valence-corrected chi connectivity index (χ0v) is 18.8. The van der Waals surface area contributed by atoms with Crippen molar-refractivity contribution >= 4 is 17.8 Å². The molecule has 1 amide bonds. The average molecular weight is 456 g/mol. The minimum absolute atomic E-state index is 0.00768. The number of methoxy groups -OCH3 is 2. The van der Waals surface area contributed by atoms with Gasteiger partial charge in [0.25, 0.3) is 5.91 Å². The van der Waals surface area contributed by atoms with Crippen molar-refractivity contribution in [2.75, 3.05) is 14.2 Å². The number of ketones is 1. The van der Waals surface area contributed by atoms with Gasteiger partial charge in [-0.2, -0.15) is 0 Å². The zero-order valence-electron chi connectivity index (χ0n) is 18.8. The van der Waals surface area contributed by atoms with Gasteiger partial charge in [0.15, 0.2) is 23.0 Å². The molecule has 0 saturated carbocycles. The molecule has 1 N–H and O–H groups in total. The number of aromatic nitrogens is 1. The fourth-order valence-corrected chi connectivity index (χ4v) is 3.95. The summed E-state index contributed by atoms with van der Waals surface area (Å²) in [7, 11) is 3.04. The molecular formula is C27H24N2O5. The molecule has 1 aliphatic rings. The summed E-state index contributed by atoms with van der Waals surface area (Å²) in [6, 6.07) is 17.3. The summed E-state index contributed by atoms with van der Waals surface area (Å²) in [6.45, 7) is 0.162. The number of hydrogen-bond acceptors (Lipinski definition) is 6. The number of benzene rings is 2. The van der Waals surface area contributed by atoms with Gasteiger partial charge in [0.1, 0.15) is 0 Å². The van der Waals surface area contributed by atoms with Gasteiger partial charge in [-0.1, -0.05) is 48.5 Å². The van der Waals surface area contributed by atoms with Crippen molar-refractivity contribution in [3.63, 3.8) is 0 Å². The van der Waals surface area contributed by atoms with Gasteiger partial charge >= 0.3 is 0 Å². The van der Waals surface area contributed by atoms with Crippen molar-refractivity contribution in [1.29, 1.82) is 0 Å². The van der Waals surface area contributed by atoms with Crippen LogP contribution in [0, 0.1) is 0 Å². The highest BCUT2D eigenvalue weighted by atomic mass is 16.5. The molecule has 34 heavy (non-hydrogen) atoms. The van der Waals surface area contributed by atoms with Crippen LogP contribution in [0.3, 0.4) is 0 Å². The molecule has 7 heteroatoms. The number of aliphatic hydroxyl groups excluding tert-OH is 1. The highest BCUT2D eigenvalue weighted by molar-refractivity contribution is 6.14. The van der Waals surface area contributed by atoms with Crippen LogP contribution in [0.5, 0.6) is 11.5 Å². The number of carbonyl (C=O) groups is 2. The number of allylic oxidation sites excluding steroid dienone is 1. The maximum Gasteiger partial charge on any atom is 0.290 e. The van der Waals surface area contributed by atoms with E-state index in [0.29, 0.717) is 17.1 Å². The maximum atomic E-state index is 13.3. The lowest BCUT2D eigenvalue weighted by Crippen LogP contribution is -2.30. The highest BCUT2D eigenvalue weighted by Gasteiger charge is 2.43. The monoisotopic (exact) mass is 456 g/mol. The SMILES string of the molecule is COc1ccc(C2C(C(=O)/C=C/c3ccccc3)=C(O)C(=O)N2Cc2cccnc2)cc1OC. The number of rotatable bonds is 8. The van der Waals surface area contributed by atoms with Crippen LogP contribution >= 0.6 is 0 Å². The molecular weight excluding hydrogens is 432 g/mol. The fourth-order valence-electron chi connectivity index (χ4n) is 3.95. The van der Waals surface area contributed by atoms with Gasteiger partial charge in [0.05, 0.1) is 25.8 Å². The molecule has 2 heterocycles. The number of pyridine rings is 1. The molecule has 0 fully saturated rings. The third kappa shape index (κ3) is 4.54. The van der Waals surface area contributed by atoms with Gasteiger partial charge in [-0.25, -0.2) is 0 Å². The van der Waals surface area contributed by atoms with Gasteiger partial charge in [-0.05, 0) is 41.0 Å². The van der Waals surface area contributed by atoms with E-state index in [1.165, 1.54) is 25.2 Å². The summed E-state index contributed by atoms with van der Waals surface area (Å²) >= 11 is 0. The maximum absolute atomic E-state index is 13.3. The number of carbonyl (C=O) groups excluding carboxylic acids is 2. The van der Waals surface area contributed by atoms with Crippen LogP contribution < -0.4 is 9.47 Å². The summed E-state index contributed by atoms with van der Waals surface area (Å²) in [5, 5.41) is 10.8. The zero-order chi connectivity index (χ0) is 24.1. The molecule has 0 bridgehead atoms. The summed E-state index contributed by atoms with van der Waals surface area (Å²) < 4.78 is 10.8. The van der Waals surface area contributed by atoms with Crippen LogP contribution in [0.15, 0.2) is 90.5 Å². The first-order valence-corrected chi connectivity index (χ1v) is 10.7. The summed E-state index contributed by atoms with van der Waals surface area (Å²) in [4.78, 5) is 32.0. The highest BCUT2D eigenvalue weighted by Crippen LogP contribution is 2.41. The van der Waals surface area contributed by atoms with Crippen LogP contribution in [0.2, 0.25) is 0 Å². The molecule has 7 nitrogen and oxygen atoms in total. The number of amides is 1. The van der Waals surface area contributed by atoms with Gasteiger partial charge < -0.3 is 19.5 Å². The first-order valence-electron chi connectivity index (χ1n) is 10.7. The van der Waals surface area contributed by atoms with E-state index < -0.39 is 23.5 Å². The van der Waals surface area contributed by atoms with Gasteiger partial charge in [0.2, 0.25) is 0 Å². The van der Waals surface area contributed by atoms with Crippen LogP contribution in [0.25, 0.3) is 6.08 Å². The molecule has 2 aromatic carbocycles. The quantitative estimate of drug-likeness (QED) is 0.509. The van der Waals surface area contributed by atoms with E-state index in [9.17, 15) is 14.7 Å². The van der Waals surface area contributed by atoms with Crippen molar-refractivity contribution in [1.82, 2.24) is 9.88 Å². The average Bonchev–Trinajstić information content (AvgIpc) is 3.13. The van der Waals surface area contributed by atoms with E-state index in [-0.39, 0.29) is 12.1 Å². The number of ether oxygens (including phenoxy) is 2. The second-order valence-electron chi connectivity index (χ2n) is 7.68. The Morgan fingerprint density at radius 2 is 1.82 bits per heavy atom. The molecule has 0 saturated heterocycles. The lowest BCUT2D eigenvalue weighted by atomic mass is 9.95. The smallest absolute Gasteiger partial charge is 0.290 e. The number of aliphatic hydroxyl groups is 1. The Bertz CT molecular complexity index is 1250. The molecule has 172 valence electrons. The summed E-state index contributed by atoms with van der Waals surface area (Å²) in [5.74, 6) is -0.680. The Hall–Kier alpha value is -4.39.